The summed E-state index contributed by atoms with van der Waals surface area (Å²) in [7, 11) is 0. The van der Waals surface area contributed by atoms with E-state index in [1.165, 1.54) is 18.4 Å². The van der Waals surface area contributed by atoms with Gasteiger partial charge in [-0.3, -0.25) is 4.79 Å². The summed E-state index contributed by atoms with van der Waals surface area (Å²) in [5.41, 5.74) is 1.14. The van der Waals surface area contributed by atoms with Crippen LogP contribution in [0.4, 0.5) is 0 Å². The Morgan fingerprint density at radius 2 is 2.30 bits per heavy atom. The van der Waals surface area contributed by atoms with E-state index in [9.17, 15) is 14.7 Å². The van der Waals surface area contributed by atoms with Crippen molar-refractivity contribution in [2.45, 2.75) is 18.9 Å². The van der Waals surface area contributed by atoms with Crippen molar-refractivity contribution < 1.29 is 28.6 Å². The van der Waals surface area contributed by atoms with Crippen LogP contribution in [0.2, 0.25) is 0 Å². The van der Waals surface area contributed by atoms with E-state index < -0.39 is 18.0 Å². The highest BCUT2D eigenvalue weighted by molar-refractivity contribution is 5.87. The van der Waals surface area contributed by atoms with E-state index in [0.29, 0.717) is 17.6 Å². The number of rotatable bonds is 3. The van der Waals surface area contributed by atoms with E-state index in [0.717, 1.165) is 5.39 Å². The highest BCUT2D eigenvalue weighted by atomic mass is 16.6. The third-order valence-electron chi connectivity index (χ3n) is 3.14. The van der Waals surface area contributed by atoms with Gasteiger partial charge in [-0.25, -0.2) is 4.79 Å². The number of carbonyl (C=O) groups is 2. The number of esters is 2. The molecule has 1 atom stereocenters. The molecule has 6 nitrogen and oxygen atoms in total. The van der Waals surface area contributed by atoms with Gasteiger partial charge in [0, 0.05) is 23.4 Å². The lowest BCUT2D eigenvalue weighted by Crippen LogP contribution is -2.23. The Morgan fingerprint density at radius 3 is 3.05 bits per heavy atom. The first-order valence-electron chi connectivity index (χ1n) is 6.19. The van der Waals surface area contributed by atoms with Crippen LogP contribution >= 0.6 is 0 Å². The van der Waals surface area contributed by atoms with Crippen molar-refractivity contribution in [3.8, 4) is 5.75 Å². The fraction of sp³-hybridized carbons (Fsp3) is 0.286. The molecular weight excluding hydrogens is 264 g/mol. The molecular formula is C14H12O6. The predicted molar refractivity (Wildman–Crippen MR) is 67.0 cm³/mol. The second-order valence-electron chi connectivity index (χ2n) is 4.55. The predicted octanol–water partition coefficient (Wildman–Crippen LogP) is 1.54. The zero-order valence-corrected chi connectivity index (χ0v) is 10.5. The van der Waals surface area contributed by atoms with E-state index in [2.05, 4.69) is 0 Å². The Bertz CT molecular complexity index is 671. The maximum absolute atomic E-state index is 11.8. The molecule has 20 heavy (non-hydrogen) atoms. The van der Waals surface area contributed by atoms with Crippen LogP contribution < -0.4 is 0 Å². The second-order valence-corrected chi connectivity index (χ2v) is 4.55. The van der Waals surface area contributed by atoms with Gasteiger partial charge in [0.1, 0.15) is 11.3 Å². The number of phenols is 1. The van der Waals surface area contributed by atoms with Gasteiger partial charge < -0.3 is 19.0 Å². The van der Waals surface area contributed by atoms with Gasteiger partial charge in [-0.2, -0.15) is 0 Å². The largest absolute Gasteiger partial charge is 0.508 e. The van der Waals surface area contributed by atoms with Crippen LogP contribution in [-0.2, 0) is 25.5 Å². The molecule has 0 amide bonds. The molecule has 2 aromatic rings. The van der Waals surface area contributed by atoms with Crippen LogP contribution in [0.5, 0.6) is 5.75 Å². The number of phenolic OH excluding ortho intramolecular Hbond substituents is 1. The van der Waals surface area contributed by atoms with Gasteiger partial charge in [0.05, 0.1) is 19.3 Å². The average molecular weight is 276 g/mol. The minimum Gasteiger partial charge on any atom is -0.508 e. The molecule has 0 unspecified atom stereocenters. The third-order valence-corrected chi connectivity index (χ3v) is 3.14. The SMILES string of the molecule is O=C(Cc1coc2cc(O)ccc12)O[C@H]1CCOC1=O. The summed E-state index contributed by atoms with van der Waals surface area (Å²) in [5.74, 6) is -0.917. The Hall–Kier alpha value is -2.50. The van der Waals surface area contributed by atoms with Gasteiger partial charge in [0.25, 0.3) is 0 Å². The molecule has 1 N–H and O–H groups in total. The van der Waals surface area contributed by atoms with E-state index in [-0.39, 0.29) is 18.8 Å². The standard InChI is InChI=1S/C14H12O6/c15-9-1-2-10-8(7-19-12(10)6-9)5-13(16)20-11-3-4-18-14(11)17/h1-2,6-7,11,15H,3-5H2/t11-/m0/s1. The van der Waals surface area contributed by atoms with Crippen molar-refractivity contribution in [2.24, 2.45) is 0 Å². The lowest BCUT2D eigenvalue weighted by molar-refractivity contribution is -0.159. The van der Waals surface area contributed by atoms with Crippen LogP contribution in [0.3, 0.4) is 0 Å². The molecule has 6 heteroatoms. The fourth-order valence-electron chi connectivity index (χ4n) is 2.15. The number of hydrogen-bond acceptors (Lipinski definition) is 6. The molecule has 1 aliphatic rings. The highest BCUT2D eigenvalue weighted by Gasteiger charge is 2.30. The van der Waals surface area contributed by atoms with Gasteiger partial charge >= 0.3 is 11.9 Å². The molecule has 2 heterocycles. The molecule has 104 valence electrons. The summed E-state index contributed by atoms with van der Waals surface area (Å²) in [6, 6.07) is 4.65. The Kier molecular flexibility index (Phi) is 3.06. The lowest BCUT2D eigenvalue weighted by Gasteiger charge is -2.07. The Morgan fingerprint density at radius 1 is 1.45 bits per heavy atom. The number of hydrogen-bond donors (Lipinski definition) is 1. The van der Waals surface area contributed by atoms with Crippen molar-refractivity contribution in [1.29, 1.82) is 0 Å². The summed E-state index contributed by atoms with van der Waals surface area (Å²) in [6.45, 7) is 0.282. The first-order chi connectivity index (χ1) is 9.63. The maximum Gasteiger partial charge on any atom is 0.347 e. The Labute approximate surface area is 113 Å². The smallest absolute Gasteiger partial charge is 0.347 e. The molecule has 0 aliphatic carbocycles. The normalized spacial score (nSPS) is 18.2. The molecule has 0 radical (unpaired) electrons. The zero-order valence-electron chi connectivity index (χ0n) is 10.5. The maximum atomic E-state index is 11.8. The number of cyclic esters (lactones) is 1. The number of furan rings is 1. The van der Waals surface area contributed by atoms with Crippen molar-refractivity contribution >= 4 is 22.9 Å². The molecule has 1 aromatic heterocycles. The van der Waals surface area contributed by atoms with Gasteiger partial charge in [-0.05, 0) is 12.1 Å². The summed E-state index contributed by atoms with van der Waals surface area (Å²) in [5, 5.41) is 10.1. The highest BCUT2D eigenvalue weighted by Crippen LogP contribution is 2.25. The number of ether oxygens (including phenoxy) is 2. The topological polar surface area (TPSA) is 86.0 Å². The molecule has 1 aliphatic heterocycles. The molecule has 0 spiro atoms. The molecule has 0 bridgehead atoms. The monoisotopic (exact) mass is 276 g/mol. The molecule has 3 rings (SSSR count). The number of carbonyl (C=O) groups excluding carboxylic acids is 2. The zero-order chi connectivity index (χ0) is 14.1. The van der Waals surface area contributed by atoms with Crippen molar-refractivity contribution in [1.82, 2.24) is 0 Å². The van der Waals surface area contributed by atoms with E-state index in [4.69, 9.17) is 13.9 Å². The van der Waals surface area contributed by atoms with Crippen LogP contribution in [0.15, 0.2) is 28.9 Å². The van der Waals surface area contributed by atoms with Gasteiger partial charge in [-0.1, -0.05) is 0 Å². The molecule has 1 fully saturated rings. The molecule has 0 saturated carbocycles. The quantitative estimate of drug-likeness (QED) is 0.856. The van der Waals surface area contributed by atoms with Crippen molar-refractivity contribution in [3.05, 3.63) is 30.0 Å². The van der Waals surface area contributed by atoms with E-state index in [1.807, 2.05) is 0 Å². The molecule has 1 saturated heterocycles. The lowest BCUT2D eigenvalue weighted by atomic mass is 10.1. The van der Waals surface area contributed by atoms with Crippen molar-refractivity contribution in [3.63, 3.8) is 0 Å². The molecule has 1 aromatic carbocycles. The number of benzene rings is 1. The number of fused-ring (bicyclic) bond motifs is 1. The van der Waals surface area contributed by atoms with Crippen LogP contribution in [0.1, 0.15) is 12.0 Å². The fourth-order valence-corrected chi connectivity index (χ4v) is 2.15. The van der Waals surface area contributed by atoms with Gasteiger partial charge in [0.2, 0.25) is 6.10 Å². The van der Waals surface area contributed by atoms with E-state index >= 15 is 0 Å². The van der Waals surface area contributed by atoms with Gasteiger partial charge in [-0.15, -0.1) is 0 Å². The summed E-state index contributed by atoms with van der Waals surface area (Å²) >= 11 is 0. The van der Waals surface area contributed by atoms with Gasteiger partial charge in [0.15, 0.2) is 0 Å². The van der Waals surface area contributed by atoms with Crippen molar-refractivity contribution in [2.75, 3.05) is 6.61 Å². The summed E-state index contributed by atoms with van der Waals surface area (Å²) in [6.07, 6.45) is 1.04. The third kappa shape index (κ3) is 2.32. The van der Waals surface area contributed by atoms with Crippen LogP contribution in [0.25, 0.3) is 11.0 Å². The summed E-state index contributed by atoms with van der Waals surface area (Å²) < 4.78 is 15.0. The van der Waals surface area contributed by atoms with E-state index in [1.54, 1.807) is 6.07 Å². The second kappa shape index (κ2) is 4.88. The first kappa shape index (κ1) is 12.5. The first-order valence-corrected chi connectivity index (χ1v) is 6.19. The number of aromatic hydroxyl groups is 1. The van der Waals surface area contributed by atoms with Crippen LogP contribution in [-0.4, -0.2) is 29.8 Å². The van der Waals surface area contributed by atoms with Crippen LogP contribution in [0, 0.1) is 0 Å². The average Bonchev–Trinajstić information content (AvgIpc) is 2.97. The summed E-state index contributed by atoms with van der Waals surface area (Å²) in [4.78, 5) is 23.0. The minimum absolute atomic E-state index is 0.00154. The Balaban J connectivity index is 1.72. The minimum atomic E-state index is -0.801.